The van der Waals surface area contributed by atoms with Crippen LogP contribution in [-0.2, 0) is 20.9 Å². The Bertz CT molecular complexity index is 766. The summed E-state index contributed by atoms with van der Waals surface area (Å²) in [5, 5.41) is 11.4. The van der Waals surface area contributed by atoms with Crippen LogP contribution in [0.25, 0.3) is 0 Å². The van der Waals surface area contributed by atoms with Crippen LogP contribution in [0.3, 0.4) is 0 Å². The van der Waals surface area contributed by atoms with E-state index >= 15 is 0 Å². The number of rotatable bonds is 12. The molecule has 0 radical (unpaired) electrons. The molecule has 0 amide bonds. The second-order valence-electron chi connectivity index (χ2n) is 9.69. The van der Waals surface area contributed by atoms with Gasteiger partial charge in [-0.1, -0.05) is 44.2 Å². The van der Waals surface area contributed by atoms with Crippen molar-refractivity contribution in [3.63, 3.8) is 0 Å². The zero-order chi connectivity index (χ0) is 23.0. The SMILES string of the molecule is COC(=O)C(C(O)C1(COCc2ccccc2)CC1)[C@@H](CCC(C)=C=C(C)C)C(C)C. The summed E-state index contributed by atoms with van der Waals surface area (Å²) < 4.78 is 11.2. The highest BCUT2D eigenvalue weighted by Gasteiger charge is 2.55. The average Bonchev–Trinajstić information content (AvgIpc) is 3.51. The van der Waals surface area contributed by atoms with Crippen LogP contribution in [0.2, 0.25) is 0 Å². The maximum absolute atomic E-state index is 12.8. The molecule has 1 saturated carbocycles. The Balaban J connectivity index is 2.12. The fraction of sp³-hybridized carbons (Fsp3) is 0.630. The number of allylic oxidation sites excluding steroid dienone is 1. The van der Waals surface area contributed by atoms with Crippen molar-refractivity contribution in [3.8, 4) is 0 Å². The van der Waals surface area contributed by atoms with E-state index in [0.717, 1.165) is 36.8 Å². The minimum absolute atomic E-state index is 0.0305. The van der Waals surface area contributed by atoms with Crippen LogP contribution in [0, 0.1) is 23.2 Å². The summed E-state index contributed by atoms with van der Waals surface area (Å²) in [7, 11) is 1.42. The summed E-state index contributed by atoms with van der Waals surface area (Å²) in [4.78, 5) is 12.8. The molecule has 4 nitrogen and oxygen atoms in total. The van der Waals surface area contributed by atoms with Crippen LogP contribution in [0.15, 0.2) is 47.2 Å². The zero-order valence-corrected chi connectivity index (χ0v) is 20.1. The van der Waals surface area contributed by atoms with Crippen molar-refractivity contribution >= 4 is 5.97 Å². The average molecular weight is 429 g/mol. The Kier molecular flexibility index (Phi) is 9.55. The Labute approximate surface area is 188 Å². The number of ether oxygens (including phenoxy) is 2. The molecule has 0 aromatic heterocycles. The van der Waals surface area contributed by atoms with Crippen molar-refractivity contribution in [2.75, 3.05) is 13.7 Å². The third kappa shape index (κ3) is 7.35. The maximum Gasteiger partial charge on any atom is 0.311 e. The van der Waals surface area contributed by atoms with Crippen molar-refractivity contribution < 1.29 is 19.4 Å². The topological polar surface area (TPSA) is 55.8 Å². The van der Waals surface area contributed by atoms with E-state index in [-0.39, 0.29) is 23.2 Å². The number of aliphatic hydroxyl groups excluding tert-OH is 1. The molecule has 1 aliphatic carbocycles. The molecule has 1 aliphatic rings. The predicted molar refractivity (Wildman–Crippen MR) is 124 cm³/mol. The Hall–Kier alpha value is -1.87. The molecule has 1 aromatic carbocycles. The van der Waals surface area contributed by atoms with Gasteiger partial charge in [0.1, 0.15) is 0 Å². The molecular weight excluding hydrogens is 388 g/mol. The van der Waals surface area contributed by atoms with Gasteiger partial charge in [-0.25, -0.2) is 0 Å². The number of hydrogen-bond acceptors (Lipinski definition) is 4. The second kappa shape index (κ2) is 11.7. The Morgan fingerprint density at radius 3 is 2.32 bits per heavy atom. The van der Waals surface area contributed by atoms with E-state index in [2.05, 4.69) is 26.5 Å². The van der Waals surface area contributed by atoms with E-state index in [1.54, 1.807) is 0 Å². The van der Waals surface area contributed by atoms with Gasteiger partial charge in [-0.05, 0) is 75.0 Å². The minimum atomic E-state index is -0.768. The van der Waals surface area contributed by atoms with E-state index in [4.69, 9.17) is 9.47 Å². The summed E-state index contributed by atoms with van der Waals surface area (Å²) in [6.07, 6.45) is 2.65. The van der Waals surface area contributed by atoms with Crippen LogP contribution in [0.1, 0.15) is 65.9 Å². The largest absolute Gasteiger partial charge is 0.469 e. The molecule has 172 valence electrons. The first-order valence-corrected chi connectivity index (χ1v) is 11.5. The molecule has 4 heteroatoms. The van der Waals surface area contributed by atoms with Crippen LogP contribution < -0.4 is 0 Å². The molecule has 0 spiro atoms. The molecule has 0 aliphatic heterocycles. The highest BCUT2D eigenvalue weighted by atomic mass is 16.5. The van der Waals surface area contributed by atoms with E-state index < -0.39 is 12.0 Å². The third-order valence-corrected chi connectivity index (χ3v) is 6.47. The smallest absolute Gasteiger partial charge is 0.311 e. The Morgan fingerprint density at radius 2 is 1.81 bits per heavy atom. The number of benzene rings is 1. The molecular formula is C27H40O4. The van der Waals surface area contributed by atoms with Crippen LogP contribution >= 0.6 is 0 Å². The van der Waals surface area contributed by atoms with Gasteiger partial charge in [0.05, 0.1) is 32.3 Å². The normalized spacial score (nSPS) is 17.4. The van der Waals surface area contributed by atoms with Crippen molar-refractivity contribution in [1.82, 2.24) is 0 Å². The lowest BCUT2D eigenvalue weighted by Gasteiger charge is -2.35. The first kappa shape index (κ1) is 25.4. The van der Waals surface area contributed by atoms with E-state index in [1.807, 2.05) is 44.2 Å². The predicted octanol–water partition coefficient (Wildman–Crippen LogP) is 5.70. The van der Waals surface area contributed by atoms with Gasteiger partial charge in [0.2, 0.25) is 0 Å². The summed E-state index contributed by atoms with van der Waals surface area (Å²) in [6, 6.07) is 10.0. The first-order chi connectivity index (χ1) is 14.7. The number of carbonyl (C=O) groups excluding carboxylic acids is 1. The molecule has 0 heterocycles. The number of methoxy groups -OCH3 is 1. The summed E-state index contributed by atoms with van der Waals surface area (Å²) >= 11 is 0. The number of aliphatic hydroxyl groups is 1. The van der Waals surface area contributed by atoms with Crippen LogP contribution in [0.4, 0.5) is 0 Å². The fourth-order valence-corrected chi connectivity index (χ4v) is 4.49. The maximum atomic E-state index is 12.8. The van der Waals surface area contributed by atoms with E-state index in [1.165, 1.54) is 12.7 Å². The van der Waals surface area contributed by atoms with Gasteiger partial charge in [0, 0.05) is 5.41 Å². The summed E-state index contributed by atoms with van der Waals surface area (Å²) in [5.74, 6) is -0.584. The zero-order valence-electron chi connectivity index (χ0n) is 20.1. The molecule has 1 aromatic rings. The summed E-state index contributed by atoms with van der Waals surface area (Å²) in [6.45, 7) is 11.4. The van der Waals surface area contributed by atoms with Gasteiger partial charge < -0.3 is 14.6 Å². The Morgan fingerprint density at radius 1 is 1.16 bits per heavy atom. The van der Waals surface area contributed by atoms with Gasteiger partial charge >= 0.3 is 5.97 Å². The number of hydrogen-bond donors (Lipinski definition) is 1. The molecule has 1 fully saturated rings. The lowest BCUT2D eigenvalue weighted by molar-refractivity contribution is -0.157. The lowest BCUT2D eigenvalue weighted by Crippen LogP contribution is -2.44. The first-order valence-electron chi connectivity index (χ1n) is 11.5. The van der Waals surface area contributed by atoms with E-state index in [9.17, 15) is 9.90 Å². The minimum Gasteiger partial charge on any atom is -0.469 e. The molecule has 2 rings (SSSR count). The van der Waals surface area contributed by atoms with Gasteiger partial charge in [-0.3, -0.25) is 4.79 Å². The number of esters is 1. The van der Waals surface area contributed by atoms with Gasteiger partial charge in [-0.2, -0.15) is 0 Å². The molecule has 0 bridgehead atoms. The standard InChI is InChI=1S/C27H40O4/c1-19(2)16-21(5)12-13-23(20(3)4)24(26(29)30-6)25(28)27(14-15-27)18-31-17-22-10-8-7-9-11-22/h7-11,20,23-25,28H,12-15,17-18H2,1-6H3/t23-,24?,25?/m0/s1. The summed E-state index contributed by atoms with van der Waals surface area (Å²) in [5.41, 5.74) is 6.45. The van der Waals surface area contributed by atoms with Gasteiger partial charge in [-0.15, -0.1) is 5.73 Å². The van der Waals surface area contributed by atoms with Crippen LogP contribution in [-0.4, -0.2) is 30.9 Å². The monoisotopic (exact) mass is 428 g/mol. The quantitative estimate of drug-likeness (QED) is 0.343. The molecule has 2 unspecified atom stereocenters. The molecule has 0 saturated heterocycles. The molecule has 31 heavy (non-hydrogen) atoms. The van der Waals surface area contributed by atoms with E-state index in [0.29, 0.717) is 13.2 Å². The number of carbonyl (C=O) groups is 1. The third-order valence-electron chi connectivity index (χ3n) is 6.47. The highest BCUT2D eigenvalue weighted by molar-refractivity contribution is 5.73. The van der Waals surface area contributed by atoms with Crippen molar-refractivity contribution in [1.29, 1.82) is 0 Å². The van der Waals surface area contributed by atoms with Crippen LogP contribution in [0.5, 0.6) is 0 Å². The lowest BCUT2D eigenvalue weighted by atomic mass is 9.73. The molecule has 3 atom stereocenters. The van der Waals surface area contributed by atoms with Crippen molar-refractivity contribution in [3.05, 3.63) is 52.8 Å². The molecule has 1 N–H and O–H groups in total. The van der Waals surface area contributed by atoms with Gasteiger partial charge in [0.15, 0.2) is 0 Å². The fourth-order valence-electron chi connectivity index (χ4n) is 4.49. The van der Waals surface area contributed by atoms with Crippen molar-refractivity contribution in [2.24, 2.45) is 23.2 Å². The van der Waals surface area contributed by atoms with Gasteiger partial charge in [0.25, 0.3) is 0 Å². The highest BCUT2D eigenvalue weighted by Crippen LogP contribution is 2.53. The van der Waals surface area contributed by atoms with Crippen molar-refractivity contribution in [2.45, 2.75) is 73.0 Å². The second-order valence-corrected chi connectivity index (χ2v) is 9.69.